The molecular formula is C27H17F3N8O2. The predicted octanol–water partition coefficient (Wildman–Crippen LogP) is 3.61. The van der Waals surface area contributed by atoms with Crippen LogP contribution in [0.1, 0.15) is 34.9 Å². The van der Waals surface area contributed by atoms with Crippen LogP contribution in [0, 0.1) is 28.8 Å². The van der Waals surface area contributed by atoms with Gasteiger partial charge in [0.05, 0.1) is 11.3 Å². The van der Waals surface area contributed by atoms with Crippen molar-refractivity contribution >= 4 is 23.2 Å². The highest BCUT2D eigenvalue weighted by atomic mass is 19.1. The van der Waals surface area contributed by atoms with Crippen molar-refractivity contribution in [3.8, 4) is 23.3 Å². The van der Waals surface area contributed by atoms with Gasteiger partial charge in [-0.1, -0.05) is 0 Å². The number of nitrogens with zero attached hydrogens (tertiary/aromatic N) is 6. The molecule has 0 aliphatic carbocycles. The van der Waals surface area contributed by atoms with Crippen LogP contribution in [0.4, 0.5) is 24.8 Å². The number of hydrogen-bond donors (Lipinski definition) is 3. The van der Waals surface area contributed by atoms with E-state index in [1.165, 1.54) is 13.1 Å². The van der Waals surface area contributed by atoms with Crippen molar-refractivity contribution in [3.63, 3.8) is 0 Å². The normalized spacial score (nSPS) is 16.1. The van der Waals surface area contributed by atoms with Gasteiger partial charge in [-0.3, -0.25) is 4.79 Å². The number of hydrogen-bond acceptors (Lipinski definition) is 8. The summed E-state index contributed by atoms with van der Waals surface area (Å²) in [6.45, 7) is 1.47. The van der Waals surface area contributed by atoms with E-state index in [0.29, 0.717) is 11.3 Å². The first kappa shape index (κ1) is 24.8. The van der Waals surface area contributed by atoms with Gasteiger partial charge in [-0.15, -0.1) is 0 Å². The van der Waals surface area contributed by atoms with Gasteiger partial charge in [0.25, 0.3) is 0 Å². The van der Waals surface area contributed by atoms with Crippen LogP contribution in [0.5, 0.6) is 5.75 Å². The molecule has 6 rings (SSSR count). The molecule has 198 valence electrons. The number of phenols is 1. The second-order valence-corrected chi connectivity index (χ2v) is 9.34. The zero-order valence-corrected chi connectivity index (χ0v) is 20.6. The van der Waals surface area contributed by atoms with Gasteiger partial charge in [0.15, 0.2) is 11.5 Å². The molecule has 0 saturated carbocycles. The van der Waals surface area contributed by atoms with E-state index in [-0.39, 0.29) is 46.3 Å². The lowest BCUT2D eigenvalue weighted by Crippen LogP contribution is -2.33. The smallest absolute Gasteiger partial charge is 0.240 e. The molecule has 13 heteroatoms. The number of phenolic OH excluding ortho intramolecular Hbond substituents is 1. The third kappa shape index (κ3) is 3.69. The Kier molecular flexibility index (Phi) is 5.44. The highest BCUT2D eigenvalue weighted by Crippen LogP contribution is 2.46. The first-order valence-corrected chi connectivity index (χ1v) is 11.8. The Hall–Kier alpha value is -5.51. The lowest BCUT2D eigenvalue weighted by molar-refractivity contribution is -0.119. The Morgan fingerprint density at radius 3 is 2.70 bits per heavy atom. The number of nitrogens with one attached hydrogen (secondary N) is 1. The second-order valence-electron chi connectivity index (χ2n) is 9.34. The zero-order chi connectivity index (χ0) is 28.3. The monoisotopic (exact) mass is 542 g/mol. The van der Waals surface area contributed by atoms with Gasteiger partial charge < -0.3 is 20.6 Å². The maximum absolute atomic E-state index is 14.5. The number of benzene rings is 2. The molecule has 5 aromatic rings. The molecule has 0 bridgehead atoms. The molecule has 0 radical (unpaired) electrons. The number of carbonyl (C=O) groups excluding carboxylic acids is 1. The van der Waals surface area contributed by atoms with E-state index < -0.39 is 40.1 Å². The molecule has 0 spiro atoms. The van der Waals surface area contributed by atoms with Gasteiger partial charge in [0, 0.05) is 25.0 Å². The van der Waals surface area contributed by atoms with E-state index in [2.05, 4.69) is 25.3 Å². The summed E-state index contributed by atoms with van der Waals surface area (Å²) in [5, 5.41) is 21.9. The predicted molar refractivity (Wildman–Crippen MR) is 135 cm³/mol. The Morgan fingerprint density at radius 2 is 1.95 bits per heavy atom. The number of aromatic hydroxyl groups is 1. The summed E-state index contributed by atoms with van der Waals surface area (Å²) in [7, 11) is 0. The average Bonchev–Trinajstić information content (AvgIpc) is 3.49. The Bertz CT molecular complexity index is 1910. The fraction of sp³-hybridized carbons (Fsp3) is 0.111. The number of nitrogen functional groups attached to an aromatic ring is 1. The molecule has 10 nitrogen and oxygen atoms in total. The Balaban J connectivity index is 1.47. The highest BCUT2D eigenvalue weighted by molar-refractivity contribution is 6.09. The molecule has 2 aromatic carbocycles. The number of carbonyl (C=O) groups is 1. The second kappa shape index (κ2) is 8.77. The van der Waals surface area contributed by atoms with Gasteiger partial charge >= 0.3 is 0 Å². The third-order valence-electron chi connectivity index (χ3n) is 6.92. The number of imidazole rings is 1. The topological polar surface area (TPSA) is 155 Å². The van der Waals surface area contributed by atoms with Crippen molar-refractivity contribution in [1.29, 1.82) is 5.26 Å². The van der Waals surface area contributed by atoms with Crippen LogP contribution in [0.25, 0.3) is 17.2 Å². The summed E-state index contributed by atoms with van der Waals surface area (Å²) < 4.78 is 44.3. The maximum Gasteiger partial charge on any atom is 0.240 e. The summed E-state index contributed by atoms with van der Waals surface area (Å²) in [6.07, 6.45) is 4.63. The van der Waals surface area contributed by atoms with Crippen LogP contribution >= 0.6 is 0 Å². The van der Waals surface area contributed by atoms with E-state index in [1.54, 1.807) is 22.9 Å². The van der Waals surface area contributed by atoms with E-state index in [4.69, 9.17) is 11.0 Å². The van der Waals surface area contributed by atoms with Crippen molar-refractivity contribution in [3.05, 3.63) is 94.3 Å². The molecule has 3 aromatic heterocycles. The zero-order valence-electron chi connectivity index (χ0n) is 20.6. The highest BCUT2D eigenvalue weighted by Gasteiger charge is 2.48. The summed E-state index contributed by atoms with van der Waals surface area (Å²) in [6, 6.07) is 6.79. The molecule has 40 heavy (non-hydrogen) atoms. The van der Waals surface area contributed by atoms with Crippen LogP contribution in [0.2, 0.25) is 0 Å². The van der Waals surface area contributed by atoms with Gasteiger partial charge in [0.2, 0.25) is 5.91 Å². The van der Waals surface area contributed by atoms with Crippen molar-refractivity contribution in [1.82, 2.24) is 24.3 Å². The van der Waals surface area contributed by atoms with Crippen LogP contribution in [0.15, 0.2) is 48.9 Å². The van der Waals surface area contributed by atoms with Crippen LogP contribution in [-0.2, 0) is 16.6 Å². The first-order chi connectivity index (χ1) is 19.1. The fourth-order valence-electron chi connectivity index (χ4n) is 4.87. The minimum atomic E-state index is -1.59. The summed E-state index contributed by atoms with van der Waals surface area (Å²) in [4.78, 5) is 30.8. The number of anilines is 2. The van der Waals surface area contributed by atoms with Crippen molar-refractivity contribution in [2.45, 2.75) is 18.8 Å². The van der Waals surface area contributed by atoms with Crippen molar-refractivity contribution in [2.24, 2.45) is 0 Å². The lowest BCUT2D eigenvalue weighted by Gasteiger charge is -2.24. The van der Waals surface area contributed by atoms with Crippen molar-refractivity contribution < 1.29 is 23.1 Å². The molecule has 0 unspecified atom stereocenters. The molecule has 4 N–H and O–H groups in total. The van der Waals surface area contributed by atoms with Gasteiger partial charge in [-0.05, 0) is 48.4 Å². The Morgan fingerprint density at radius 1 is 1.15 bits per heavy atom. The molecule has 1 atom stereocenters. The number of rotatable bonds is 4. The molecule has 1 aliphatic rings. The van der Waals surface area contributed by atoms with Crippen LogP contribution < -0.4 is 11.1 Å². The Labute approximate surface area is 223 Å². The maximum atomic E-state index is 14.5. The number of amides is 1. The number of halogens is 3. The SMILES string of the molecule is C[C@]1(c2cc(O)c(C#N)c(F)c2)C(=O)Nc2nc(-c3cn4ccnc4c(Cc4cc(F)ccc4F)n3)nc(N)c21. The fourth-order valence-corrected chi connectivity index (χ4v) is 4.87. The standard InChI is InChI=1S/C27H17F3N8O2/c1-27(13-8-17(30)15(10-31)20(39)9-13)21-22(32)35-23(36-24(21)37-26(27)40)19-11-38-5-4-33-25(38)18(34-19)7-12-6-14(28)2-3-16(12)29/h2-6,8-9,11,39H,7H2,1H3,(H3,32,35,36,37,40)/t27-/m1/s1. The molecule has 0 saturated heterocycles. The van der Waals surface area contributed by atoms with Gasteiger partial charge in [-0.25, -0.2) is 33.1 Å². The average molecular weight is 542 g/mol. The molecular weight excluding hydrogens is 525 g/mol. The minimum absolute atomic E-state index is 0.0196. The minimum Gasteiger partial charge on any atom is -0.506 e. The van der Waals surface area contributed by atoms with E-state index >= 15 is 0 Å². The lowest BCUT2D eigenvalue weighted by atomic mass is 9.77. The molecule has 1 aliphatic heterocycles. The van der Waals surface area contributed by atoms with Gasteiger partial charge in [0.1, 0.15) is 57.6 Å². The van der Waals surface area contributed by atoms with E-state index in [1.807, 2.05) is 0 Å². The number of nitrogens with two attached hydrogens (primary N) is 1. The summed E-state index contributed by atoms with van der Waals surface area (Å²) >= 11 is 0. The summed E-state index contributed by atoms with van der Waals surface area (Å²) in [5.41, 5.74) is 5.36. The number of nitriles is 1. The van der Waals surface area contributed by atoms with E-state index in [0.717, 1.165) is 30.3 Å². The largest absolute Gasteiger partial charge is 0.506 e. The van der Waals surface area contributed by atoms with Crippen molar-refractivity contribution in [2.75, 3.05) is 11.1 Å². The van der Waals surface area contributed by atoms with Crippen LogP contribution in [-0.4, -0.2) is 35.4 Å². The molecule has 4 heterocycles. The van der Waals surface area contributed by atoms with Gasteiger partial charge in [-0.2, -0.15) is 5.26 Å². The quantitative estimate of drug-likeness (QED) is 0.311. The number of fused-ring (bicyclic) bond motifs is 2. The summed E-state index contributed by atoms with van der Waals surface area (Å²) in [5.74, 6) is -3.50. The molecule has 0 fully saturated rings. The van der Waals surface area contributed by atoms with Crippen LogP contribution in [0.3, 0.4) is 0 Å². The third-order valence-corrected chi connectivity index (χ3v) is 6.92. The number of aromatic nitrogens is 5. The molecule has 1 amide bonds. The van der Waals surface area contributed by atoms with E-state index in [9.17, 15) is 23.1 Å². The first-order valence-electron chi connectivity index (χ1n) is 11.8.